The molecule has 0 aliphatic heterocycles. The first-order chi connectivity index (χ1) is 14.6. The van der Waals surface area contributed by atoms with Crippen LogP contribution in [0.3, 0.4) is 0 Å². The van der Waals surface area contributed by atoms with Gasteiger partial charge in [-0.1, -0.05) is 11.8 Å². The zero-order valence-electron chi connectivity index (χ0n) is 16.7. The number of hydrogen-bond acceptors (Lipinski definition) is 6. The number of aromatic nitrogens is 3. The Bertz CT molecular complexity index is 1280. The molecule has 0 amide bonds. The van der Waals surface area contributed by atoms with Crippen LogP contribution in [0.2, 0.25) is 0 Å². The van der Waals surface area contributed by atoms with Crippen molar-refractivity contribution in [3.8, 4) is 23.3 Å². The molecule has 0 spiro atoms. The highest BCUT2D eigenvalue weighted by Gasteiger charge is 2.13. The Labute approximate surface area is 174 Å². The molecule has 0 saturated heterocycles. The number of benzene rings is 2. The summed E-state index contributed by atoms with van der Waals surface area (Å²) in [4.78, 5) is 11.2. The monoisotopic (exact) mass is 399 g/mol. The van der Waals surface area contributed by atoms with Crippen LogP contribution in [0.4, 0.5) is 11.8 Å². The van der Waals surface area contributed by atoms with Gasteiger partial charge in [-0.3, -0.25) is 0 Å². The number of nitrogens with zero attached hydrogens (tertiary/aromatic N) is 2. The molecule has 2 aromatic carbocycles. The van der Waals surface area contributed by atoms with Crippen LogP contribution < -0.4 is 20.9 Å². The first-order valence-electron chi connectivity index (χ1n) is 9.28. The van der Waals surface area contributed by atoms with E-state index in [4.69, 9.17) is 20.9 Å². The van der Waals surface area contributed by atoms with E-state index in [1.807, 2.05) is 42.6 Å². The van der Waals surface area contributed by atoms with Crippen molar-refractivity contribution in [2.75, 3.05) is 25.7 Å². The summed E-state index contributed by atoms with van der Waals surface area (Å²) in [5, 5.41) is 1.11. The van der Waals surface area contributed by atoms with Crippen molar-refractivity contribution in [2.45, 2.75) is 6.42 Å². The Hall–Kier alpha value is -4.18. The minimum absolute atomic E-state index is 0.148. The lowest BCUT2D eigenvalue weighted by molar-refractivity contribution is 0.354. The van der Waals surface area contributed by atoms with Crippen LogP contribution in [0, 0.1) is 11.8 Å². The number of aromatic amines is 1. The number of methoxy groups -OCH3 is 2. The lowest BCUT2D eigenvalue weighted by Gasteiger charge is -2.13. The molecule has 4 aromatic rings. The maximum atomic E-state index is 5.99. The second-order valence-electron chi connectivity index (χ2n) is 6.72. The van der Waals surface area contributed by atoms with Crippen molar-refractivity contribution in [2.24, 2.45) is 0 Å². The summed E-state index contributed by atoms with van der Waals surface area (Å²) in [6.45, 7) is 0. The summed E-state index contributed by atoms with van der Waals surface area (Å²) in [5.41, 5.74) is 16.0. The van der Waals surface area contributed by atoms with Crippen LogP contribution in [-0.2, 0) is 6.42 Å². The number of fused-ring (bicyclic) bond motifs is 1. The summed E-state index contributed by atoms with van der Waals surface area (Å²) < 4.78 is 11.1. The molecule has 5 N–H and O–H groups in total. The van der Waals surface area contributed by atoms with Crippen LogP contribution in [0.5, 0.6) is 11.5 Å². The van der Waals surface area contributed by atoms with Gasteiger partial charge in [-0.2, -0.15) is 4.98 Å². The number of H-pyrrole nitrogens is 1. The minimum atomic E-state index is 0.148. The third-order valence-corrected chi connectivity index (χ3v) is 4.74. The van der Waals surface area contributed by atoms with Crippen molar-refractivity contribution in [3.63, 3.8) is 0 Å². The Morgan fingerprint density at radius 1 is 1.03 bits per heavy atom. The van der Waals surface area contributed by atoms with Crippen molar-refractivity contribution >= 4 is 22.7 Å². The summed E-state index contributed by atoms with van der Waals surface area (Å²) >= 11 is 0. The van der Waals surface area contributed by atoms with Gasteiger partial charge in [0.2, 0.25) is 5.95 Å². The number of nitrogen functional groups attached to an aromatic ring is 2. The second-order valence-corrected chi connectivity index (χ2v) is 6.72. The fourth-order valence-electron chi connectivity index (χ4n) is 3.28. The van der Waals surface area contributed by atoms with Gasteiger partial charge in [0.05, 0.1) is 19.8 Å². The van der Waals surface area contributed by atoms with Gasteiger partial charge in [-0.25, -0.2) is 4.98 Å². The molecule has 0 saturated carbocycles. The Balaban J connectivity index is 1.73. The van der Waals surface area contributed by atoms with Crippen molar-refractivity contribution in [3.05, 3.63) is 71.0 Å². The van der Waals surface area contributed by atoms with Crippen molar-refractivity contribution < 1.29 is 9.47 Å². The SMILES string of the molecule is COc1cc(Cc2cnc(N)nc2N)cc(C#Cc2ccc3[nH]ccc3c2)c1OC. The molecule has 0 radical (unpaired) electrons. The second kappa shape index (κ2) is 8.05. The van der Waals surface area contributed by atoms with Crippen LogP contribution in [0.1, 0.15) is 22.3 Å². The third kappa shape index (κ3) is 3.84. The maximum Gasteiger partial charge on any atom is 0.221 e. The Morgan fingerprint density at radius 3 is 2.67 bits per heavy atom. The quantitative estimate of drug-likeness (QED) is 0.455. The maximum absolute atomic E-state index is 5.99. The first kappa shape index (κ1) is 19.2. The molecule has 0 bridgehead atoms. The van der Waals surface area contributed by atoms with Gasteiger partial charge < -0.3 is 25.9 Å². The summed E-state index contributed by atoms with van der Waals surface area (Å²) in [6.07, 6.45) is 4.05. The van der Waals surface area contributed by atoms with Gasteiger partial charge in [-0.05, 0) is 42.0 Å². The molecule has 30 heavy (non-hydrogen) atoms. The largest absolute Gasteiger partial charge is 0.493 e. The summed E-state index contributed by atoms with van der Waals surface area (Å²) in [5.74, 6) is 8.10. The Morgan fingerprint density at radius 2 is 1.90 bits per heavy atom. The van der Waals surface area contributed by atoms with E-state index >= 15 is 0 Å². The van der Waals surface area contributed by atoms with Crippen LogP contribution in [0.15, 0.2) is 48.8 Å². The third-order valence-electron chi connectivity index (χ3n) is 4.74. The van der Waals surface area contributed by atoms with Crippen LogP contribution in [-0.4, -0.2) is 29.2 Å². The number of rotatable bonds is 4. The van der Waals surface area contributed by atoms with Crippen LogP contribution >= 0.6 is 0 Å². The average molecular weight is 399 g/mol. The van der Waals surface area contributed by atoms with E-state index in [9.17, 15) is 0 Å². The molecule has 7 nitrogen and oxygen atoms in total. The van der Waals surface area contributed by atoms with Gasteiger partial charge in [0.25, 0.3) is 0 Å². The highest BCUT2D eigenvalue weighted by molar-refractivity contribution is 5.81. The molecular weight excluding hydrogens is 378 g/mol. The van der Waals surface area contributed by atoms with Gasteiger partial charge in [0.15, 0.2) is 11.5 Å². The molecule has 4 rings (SSSR count). The minimum Gasteiger partial charge on any atom is -0.493 e. The summed E-state index contributed by atoms with van der Waals surface area (Å²) in [6, 6.07) is 11.9. The normalized spacial score (nSPS) is 10.5. The number of hydrogen-bond donors (Lipinski definition) is 3. The van der Waals surface area contributed by atoms with E-state index in [1.54, 1.807) is 20.4 Å². The highest BCUT2D eigenvalue weighted by Crippen LogP contribution is 2.33. The molecule has 0 aliphatic carbocycles. The topological polar surface area (TPSA) is 112 Å². The number of nitrogens with one attached hydrogen (secondary N) is 1. The van der Waals surface area contributed by atoms with E-state index < -0.39 is 0 Å². The molecular formula is C23H21N5O2. The zero-order chi connectivity index (χ0) is 21.1. The van der Waals surface area contributed by atoms with E-state index in [1.165, 1.54) is 0 Å². The van der Waals surface area contributed by atoms with E-state index in [0.717, 1.165) is 33.2 Å². The zero-order valence-corrected chi connectivity index (χ0v) is 16.7. The number of nitrogens with two attached hydrogens (primary N) is 2. The van der Waals surface area contributed by atoms with Gasteiger partial charge >= 0.3 is 0 Å². The smallest absolute Gasteiger partial charge is 0.221 e. The molecule has 7 heteroatoms. The molecule has 2 heterocycles. The molecule has 0 fully saturated rings. The van der Waals surface area contributed by atoms with Gasteiger partial charge in [-0.15, -0.1) is 0 Å². The number of ether oxygens (including phenoxy) is 2. The molecule has 2 aromatic heterocycles. The predicted octanol–water partition coefficient (Wildman–Crippen LogP) is 3.13. The van der Waals surface area contributed by atoms with E-state index in [2.05, 4.69) is 26.8 Å². The molecule has 150 valence electrons. The number of anilines is 2. The fourth-order valence-corrected chi connectivity index (χ4v) is 3.28. The Kier molecular flexibility index (Phi) is 5.14. The lowest BCUT2D eigenvalue weighted by atomic mass is 10.0. The van der Waals surface area contributed by atoms with Gasteiger partial charge in [0, 0.05) is 40.8 Å². The summed E-state index contributed by atoms with van der Waals surface area (Å²) in [7, 11) is 3.19. The van der Waals surface area contributed by atoms with E-state index in [0.29, 0.717) is 23.7 Å². The molecule has 0 unspecified atom stereocenters. The average Bonchev–Trinajstić information content (AvgIpc) is 3.21. The van der Waals surface area contributed by atoms with Crippen molar-refractivity contribution in [1.82, 2.24) is 15.0 Å². The van der Waals surface area contributed by atoms with Gasteiger partial charge in [0.1, 0.15) is 5.82 Å². The molecule has 0 atom stereocenters. The van der Waals surface area contributed by atoms with E-state index in [-0.39, 0.29) is 5.95 Å². The molecule has 0 aliphatic rings. The fraction of sp³-hybridized carbons (Fsp3) is 0.130. The highest BCUT2D eigenvalue weighted by atomic mass is 16.5. The van der Waals surface area contributed by atoms with Crippen molar-refractivity contribution in [1.29, 1.82) is 0 Å². The van der Waals surface area contributed by atoms with Crippen LogP contribution in [0.25, 0.3) is 10.9 Å². The first-order valence-corrected chi connectivity index (χ1v) is 9.28. The predicted molar refractivity (Wildman–Crippen MR) is 117 cm³/mol. The standard InChI is InChI=1S/C23H21N5O2/c1-29-20-12-15(11-18-13-27-23(25)28-22(18)24)10-17(21(20)30-2)5-3-14-4-6-19-16(9-14)7-8-26-19/h4,6-10,12-13,26H,11H2,1-2H3,(H4,24,25,27,28). The lowest BCUT2D eigenvalue weighted by Crippen LogP contribution is -2.04.